The quantitative estimate of drug-likeness (QED) is 0.371. The molecule has 3 aromatic carbocycles. The summed E-state index contributed by atoms with van der Waals surface area (Å²) >= 11 is 0. The fourth-order valence-corrected chi connectivity index (χ4v) is 2.76. The second-order valence-electron chi connectivity index (χ2n) is 6.06. The summed E-state index contributed by atoms with van der Waals surface area (Å²) in [6.07, 6.45) is -2.43. The van der Waals surface area contributed by atoms with Crippen molar-refractivity contribution in [1.82, 2.24) is 0 Å². The minimum absolute atomic E-state index is 0.223. The molecule has 0 aliphatic carbocycles. The average Bonchev–Trinajstić information content (AvgIpc) is 2.61. The van der Waals surface area contributed by atoms with E-state index in [-0.39, 0.29) is 5.56 Å². The van der Waals surface area contributed by atoms with Gasteiger partial charge in [0.1, 0.15) is 5.82 Å². The Hall–Kier alpha value is -2.80. The van der Waals surface area contributed by atoms with Crippen LogP contribution in [0.5, 0.6) is 0 Å². The second-order valence-corrected chi connectivity index (χ2v) is 6.06. The number of halogens is 4. The highest BCUT2D eigenvalue weighted by Crippen LogP contribution is 2.29. The van der Waals surface area contributed by atoms with Crippen molar-refractivity contribution >= 4 is 10.8 Å². The van der Waals surface area contributed by atoms with Gasteiger partial charge in [-0.05, 0) is 47.7 Å². The van der Waals surface area contributed by atoms with Crippen LogP contribution in [0, 0.1) is 17.7 Å². The van der Waals surface area contributed by atoms with Gasteiger partial charge in [0, 0.05) is 10.9 Å². The Kier molecular flexibility index (Phi) is 4.99. The van der Waals surface area contributed by atoms with E-state index in [1.807, 2.05) is 18.2 Å². The fraction of sp³-hybridized carbons (Fsp3) is 0.182. The van der Waals surface area contributed by atoms with Crippen LogP contribution in [-0.2, 0) is 12.6 Å². The zero-order chi connectivity index (χ0) is 18.7. The summed E-state index contributed by atoms with van der Waals surface area (Å²) in [6, 6.07) is 13.5. The molecule has 0 amide bonds. The lowest BCUT2D eigenvalue weighted by molar-refractivity contribution is -0.137. The third kappa shape index (κ3) is 3.88. The van der Waals surface area contributed by atoms with Crippen molar-refractivity contribution in [1.29, 1.82) is 0 Å². The topological polar surface area (TPSA) is 0 Å². The summed E-state index contributed by atoms with van der Waals surface area (Å²) < 4.78 is 52.3. The molecule has 0 bridgehead atoms. The normalized spacial score (nSPS) is 11.3. The lowest BCUT2D eigenvalue weighted by Crippen LogP contribution is -2.04. The van der Waals surface area contributed by atoms with Crippen LogP contribution in [0.2, 0.25) is 0 Å². The number of fused-ring (bicyclic) bond motifs is 1. The Morgan fingerprint density at radius 1 is 0.885 bits per heavy atom. The summed E-state index contributed by atoms with van der Waals surface area (Å²) in [5, 5.41) is 1.30. The molecule has 0 N–H and O–H groups in total. The zero-order valence-corrected chi connectivity index (χ0v) is 14.1. The number of hydrogen-bond acceptors (Lipinski definition) is 0. The van der Waals surface area contributed by atoms with Crippen LogP contribution in [0.15, 0.2) is 54.6 Å². The van der Waals surface area contributed by atoms with E-state index in [1.54, 1.807) is 12.1 Å². The van der Waals surface area contributed by atoms with Gasteiger partial charge in [-0.15, -0.1) is 0 Å². The molecule has 0 saturated carbocycles. The average molecular weight is 356 g/mol. The van der Waals surface area contributed by atoms with Gasteiger partial charge in [0.25, 0.3) is 0 Å². The smallest absolute Gasteiger partial charge is 0.205 e. The number of alkyl halides is 3. The molecule has 3 aromatic rings. The molecule has 0 spiro atoms. The molecule has 0 radical (unpaired) electrons. The molecular formula is C22H16F4. The highest BCUT2D eigenvalue weighted by Gasteiger charge is 2.29. The van der Waals surface area contributed by atoms with Gasteiger partial charge in [-0.3, -0.25) is 0 Å². The monoisotopic (exact) mass is 356 g/mol. The fourth-order valence-electron chi connectivity index (χ4n) is 2.76. The van der Waals surface area contributed by atoms with Crippen molar-refractivity contribution in [2.45, 2.75) is 25.9 Å². The number of aryl methyl sites for hydroxylation is 1. The first-order valence-electron chi connectivity index (χ1n) is 8.29. The maximum atomic E-state index is 14.7. The molecule has 3 rings (SSSR count). The van der Waals surface area contributed by atoms with Gasteiger partial charge in [-0.2, -0.15) is 13.2 Å². The standard InChI is InChI=1S/C22H16F4/c1-2-3-16-7-13-20-18(14-16)10-9-17(21(20)23)8-4-15-5-11-19(12-6-15)22(24,25)26/h5-7,9-14H,2-3H2,1H3. The van der Waals surface area contributed by atoms with E-state index in [9.17, 15) is 17.6 Å². The Morgan fingerprint density at radius 3 is 2.27 bits per heavy atom. The minimum atomic E-state index is -4.38. The molecule has 0 aliphatic rings. The third-order valence-electron chi connectivity index (χ3n) is 4.11. The van der Waals surface area contributed by atoms with Gasteiger partial charge >= 0.3 is 6.18 Å². The van der Waals surface area contributed by atoms with Crippen molar-refractivity contribution in [2.24, 2.45) is 0 Å². The van der Waals surface area contributed by atoms with Gasteiger partial charge in [0.15, 0.2) is 0 Å². The summed E-state index contributed by atoms with van der Waals surface area (Å²) in [6.45, 7) is 2.09. The van der Waals surface area contributed by atoms with Crippen LogP contribution in [0.4, 0.5) is 17.6 Å². The van der Waals surface area contributed by atoms with Gasteiger partial charge < -0.3 is 0 Å². The van der Waals surface area contributed by atoms with E-state index in [4.69, 9.17) is 0 Å². The molecule has 0 aromatic heterocycles. The predicted molar refractivity (Wildman–Crippen MR) is 95.3 cm³/mol. The molecule has 0 atom stereocenters. The summed E-state index contributed by atoms with van der Waals surface area (Å²) in [5.74, 6) is 5.02. The Balaban J connectivity index is 1.91. The summed E-state index contributed by atoms with van der Waals surface area (Å²) in [4.78, 5) is 0. The van der Waals surface area contributed by atoms with Crippen LogP contribution in [0.1, 0.15) is 35.6 Å². The van der Waals surface area contributed by atoms with E-state index < -0.39 is 17.6 Å². The minimum Gasteiger partial charge on any atom is -0.205 e. The maximum Gasteiger partial charge on any atom is 0.416 e. The van der Waals surface area contributed by atoms with Gasteiger partial charge in [-0.25, -0.2) is 4.39 Å². The van der Waals surface area contributed by atoms with Crippen LogP contribution in [0.25, 0.3) is 10.8 Å². The third-order valence-corrected chi connectivity index (χ3v) is 4.11. The van der Waals surface area contributed by atoms with E-state index in [2.05, 4.69) is 18.8 Å². The van der Waals surface area contributed by atoms with E-state index in [1.165, 1.54) is 12.1 Å². The van der Waals surface area contributed by atoms with E-state index >= 15 is 0 Å². The Labute approximate surface area is 149 Å². The molecule has 0 heterocycles. The van der Waals surface area contributed by atoms with Crippen LogP contribution in [-0.4, -0.2) is 0 Å². The first kappa shape index (κ1) is 18.0. The van der Waals surface area contributed by atoms with Crippen LogP contribution >= 0.6 is 0 Å². The van der Waals surface area contributed by atoms with E-state index in [0.29, 0.717) is 10.9 Å². The SMILES string of the molecule is CCCc1ccc2c(F)c(C#Cc3ccc(C(F)(F)F)cc3)ccc2c1. The van der Waals surface area contributed by atoms with Crippen LogP contribution < -0.4 is 0 Å². The Morgan fingerprint density at radius 2 is 1.62 bits per heavy atom. The Bertz CT molecular complexity index is 987. The molecular weight excluding hydrogens is 340 g/mol. The van der Waals surface area contributed by atoms with Crippen molar-refractivity contribution in [3.05, 3.63) is 82.7 Å². The number of hydrogen-bond donors (Lipinski definition) is 0. The lowest BCUT2D eigenvalue weighted by atomic mass is 10.0. The molecule has 26 heavy (non-hydrogen) atoms. The number of benzene rings is 3. The van der Waals surface area contributed by atoms with Crippen molar-refractivity contribution < 1.29 is 17.6 Å². The van der Waals surface area contributed by atoms with Crippen LogP contribution in [0.3, 0.4) is 0 Å². The summed E-state index contributed by atoms with van der Waals surface area (Å²) in [7, 11) is 0. The molecule has 132 valence electrons. The van der Waals surface area contributed by atoms with Gasteiger partial charge in [0.2, 0.25) is 0 Å². The first-order valence-corrected chi connectivity index (χ1v) is 8.29. The molecule has 0 nitrogen and oxygen atoms in total. The van der Waals surface area contributed by atoms with Crippen molar-refractivity contribution in [3.63, 3.8) is 0 Å². The molecule has 0 unspecified atom stereocenters. The largest absolute Gasteiger partial charge is 0.416 e. The molecule has 0 aliphatic heterocycles. The van der Waals surface area contributed by atoms with E-state index in [0.717, 1.165) is 35.9 Å². The van der Waals surface area contributed by atoms with Crippen molar-refractivity contribution in [3.8, 4) is 11.8 Å². The number of rotatable bonds is 2. The predicted octanol–water partition coefficient (Wildman–Crippen LogP) is 6.35. The molecule has 0 fully saturated rings. The van der Waals surface area contributed by atoms with Gasteiger partial charge in [0.05, 0.1) is 11.1 Å². The lowest BCUT2D eigenvalue weighted by Gasteiger charge is -2.05. The zero-order valence-electron chi connectivity index (χ0n) is 14.1. The van der Waals surface area contributed by atoms with Crippen molar-refractivity contribution in [2.75, 3.05) is 0 Å². The highest BCUT2D eigenvalue weighted by atomic mass is 19.4. The first-order chi connectivity index (χ1) is 12.4. The second kappa shape index (κ2) is 7.21. The summed E-state index contributed by atoms with van der Waals surface area (Å²) in [5.41, 5.74) is 1.04. The molecule has 4 heteroatoms. The maximum absolute atomic E-state index is 14.7. The highest BCUT2D eigenvalue weighted by molar-refractivity contribution is 5.85. The molecule has 0 saturated heterocycles. The van der Waals surface area contributed by atoms with Gasteiger partial charge in [-0.1, -0.05) is 49.5 Å².